The molecule has 1 amide bonds. The molecule has 1 atom stereocenters. The summed E-state index contributed by atoms with van der Waals surface area (Å²) in [6.07, 6.45) is 0.846. The lowest BCUT2D eigenvalue weighted by Crippen LogP contribution is -2.34. The van der Waals surface area contributed by atoms with Crippen LogP contribution in [0.15, 0.2) is 54.6 Å². The van der Waals surface area contributed by atoms with Crippen LogP contribution in [0.2, 0.25) is 0 Å². The van der Waals surface area contributed by atoms with Crippen molar-refractivity contribution in [3.05, 3.63) is 71.3 Å². The van der Waals surface area contributed by atoms with Crippen LogP contribution in [-0.4, -0.2) is 11.9 Å². The lowest BCUT2D eigenvalue weighted by Gasteiger charge is -2.14. The second-order valence-corrected chi connectivity index (χ2v) is 4.93. The minimum atomic E-state index is -0.0107. The molecule has 0 fully saturated rings. The van der Waals surface area contributed by atoms with E-state index in [4.69, 9.17) is 0 Å². The van der Waals surface area contributed by atoms with Crippen LogP contribution in [0, 0.1) is 6.92 Å². The highest BCUT2D eigenvalue weighted by molar-refractivity contribution is 5.94. The standard InChI is InChI=1S/C17H19NO/c1-13-8-10-16(11-9-13)17(19)18-14(2)12-15-6-4-3-5-7-15/h3-11,14H,12H2,1-2H3,(H,18,19)/t14-/m0/s1. The summed E-state index contributed by atoms with van der Waals surface area (Å²) < 4.78 is 0. The number of hydrogen-bond donors (Lipinski definition) is 1. The number of aryl methyl sites for hydroxylation is 1. The van der Waals surface area contributed by atoms with Crippen LogP contribution >= 0.6 is 0 Å². The van der Waals surface area contributed by atoms with Crippen molar-refractivity contribution < 1.29 is 4.79 Å². The lowest BCUT2D eigenvalue weighted by molar-refractivity contribution is 0.0940. The SMILES string of the molecule is Cc1ccc(C(=O)N[C@@H](C)Cc2ccccc2)cc1. The molecule has 2 aromatic carbocycles. The highest BCUT2D eigenvalue weighted by atomic mass is 16.1. The maximum absolute atomic E-state index is 12.0. The Bertz CT molecular complexity index is 531. The predicted molar refractivity (Wildman–Crippen MR) is 78.3 cm³/mol. The molecule has 0 unspecified atom stereocenters. The van der Waals surface area contributed by atoms with E-state index in [2.05, 4.69) is 17.4 Å². The van der Waals surface area contributed by atoms with Gasteiger partial charge in [-0.1, -0.05) is 48.0 Å². The van der Waals surface area contributed by atoms with Gasteiger partial charge in [0.2, 0.25) is 0 Å². The Kier molecular flexibility index (Phi) is 4.35. The van der Waals surface area contributed by atoms with Gasteiger partial charge in [-0.2, -0.15) is 0 Å². The number of rotatable bonds is 4. The van der Waals surface area contributed by atoms with E-state index in [0.717, 1.165) is 12.0 Å². The zero-order valence-corrected chi connectivity index (χ0v) is 11.4. The highest BCUT2D eigenvalue weighted by Crippen LogP contribution is 2.06. The van der Waals surface area contributed by atoms with Crippen molar-refractivity contribution in [2.24, 2.45) is 0 Å². The van der Waals surface area contributed by atoms with Crippen LogP contribution in [0.3, 0.4) is 0 Å². The summed E-state index contributed by atoms with van der Waals surface area (Å²) in [7, 11) is 0. The van der Waals surface area contributed by atoms with Gasteiger partial charge in [-0.25, -0.2) is 0 Å². The van der Waals surface area contributed by atoms with E-state index in [1.807, 2.05) is 56.3 Å². The smallest absolute Gasteiger partial charge is 0.251 e. The molecule has 19 heavy (non-hydrogen) atoms. The van der Waals surface area contributed by atoms with Crippen LogP contribution in [0.5, 0.6) is 0 Å². The summed E-state index contributed by atoms with van der Waals surface area (Å²) in [5.41, 5.74) is 3.11. The Morgan fingerprint density at radius 3 is 2.32 bits per heavy atom. The molecule has 0 aliphatic carbocycles. The van der Waals surface area contributed by atoms with E-state index < -0.39 is 0 Å². The molecule has 98 valence electrons. The van der Waals surface area contributed by atoms with E-state index in [-0.39, 0.29) is 11.9 Å². The van der Waals surface area contributed by atoms with Crippen molar-refractivity contribution >= 4 is 5.91 Å². The normalized spacial score (nSPS) is 11.9. The molecule has 2 nitrogen and oxygen atoms in total. The zero-order chi connectivity index (χ0) is 13.7. The van der Waals surface area contributed by atoms with Crippen LogP contribution in [0.4, 0.5) is 0 Å². The van der Waals surface area contributed by atoms with Gasteiger partial charge in [0.1, 0.15) is 0 Å². The summed E-state index contributed by atoms with van der Waals surface area (Å²) >= 11 is 0. The summed E-state index contributed by atoms with van der Waals surface area (Å²) in [6.45, 7) is 4.04. The van der Waals surface area contributed by atoms with Gasteiger partial charge in [0, 0.05) is 11.6 Å². The fourth-order valence-corrected chi connectivity index (χ4v) is 2.03. The van der Waals surface area contributed by atoms with Gasteiger partial charge < -0.3 is 5.32 Å². The summed E-state index contributed by atoms with van der Waals surface area (Å²) in [5.74, 6) is -0.0107. The molecule has 0 aliphatic heterocycles. The summed E-state index contributed by atoms with van der Waals surface area (Å²) in [4.78, 5) is 12.0. The third-order valence-electron chi connectivity index (χ3n) is 3.08. The molecule has 0 aliphatic rings. The molecular weight excluding hydrogens is 234 g/mol. The molecule has 0 aromatic heterocycles. The van der Waals surface area contributed by atoms with E-state index in [0.29, 0.717) is 5.56 Å². The average Bonchev–Trinajstić information content (AvgIpc) is 2.40. The Balaban J connectivity index is 1.93. The monoisotopic (exact) mass is 253 g/mol. The lowest BCUT2D eigenvalue weighted by atomic mass is 10.1. The van der Waals surface area contributed by atoms with E-state index >= 15 is 0 Å². The van der Waals surface area contributed by atoms with Crippen molar-refractivity contribution in [3.8, 4) is 0 Å². The van der Waals surface area contributed by atoms with Crippen molar-refractivity contribution in [1.82, 2.24) is 5.32 Å². The molecule has 2 rings (SSSR count). The van der Waals surface area contributed by atoms with Crippen molar-refractivity contribution in [2.75, 3.05) is 0 Å². The van der Waals surface area contributed by atoms with Gasteiger partial charge in [0.05, 0.1) is 0 Å². The van der Waals surface area contributed by atoms with Gasteiger partial charge in [-0.3, -0.25) is 4.79 Å². The quantitative estimate of drug-likeness (QED) is 0.889. The number of amides is 1. The fraction of sp³-hybridized carbons (Fsp3) is 0.235. The first-order valence-electron chi connectivity index (χ1n) is 6.56. The third kappa shape index (κ3) is 3.95. The molecule has 0 heterocycles. The van der Waals surface area contributed by atoms with Crippen molar-refractivity contribution in [2.45, 2.75) is 26.3 Å². The molecule has 0 radical (unpaired) electrons. The van der Waals surface area contributed by atoms with Crippen LogP contribution in [0.1, 0.15) is 28.4 Å². The number of nitrogens with one attached hydrogen (secondary N) is 1. The molecule has 1 N–H and O–H groups in total. The maximum Gasteiger partial charge on any atom is 0.251 e. The van der Waals surface area contributed by atoms with Crippen LogP contribution in [-0.2, 0) is 6.42 Å². The molecule has 0 spiro atoms. The summed E-state index contributed by atoms with van der Waals surface area (Å²) in [5, 5.41) is 3.03. The topological polar surface area (TPSA) is 29.1 Å². The number of carbonyl (C=O) groups excluding carboxylic acids is 1. The first-order valence-corrected chi connectivity index (χ1v) is 6.56. The Morgan fingerprint density at radius 1 is 1.05 bits per heavy atom. The maximum atomic E-state index is 12.0. The molecule has 2 aromatic rings. The minimum absolute atomic E-state index is 0.0107. The minimum Gasteiger partial charge on any atom is -0.349 e. The zero-order valence-electron chi connectivity index (χ0n) is 11.4. The van der Waals surface area contributed by atoms with Gasteiger partial charge in [-0.15, -0.1) is 0 Å². The molecule has 0 saturated heterocycles. The Labute approximate surface area is 114 Å². The number of hydrogen-bond acceptors (Lipinski definition) is 1. The van der Waals surface area contributed by atoms with Gasteiger partial charge in [0.25, 0.3) is 5.91 Å². The van der Waals surface area contributed by atoms with E-state index in [1.165, 1.54) is 5.56 Å². The number of carbonyl (C=O) groups is 1. The largest absolute Gasteiger partial charge is 0.349 e. The third-order valence-corrected chi connectivity index (χ3v) is 3.08. The fourth-order valence-electron chi connectivity index (χ4n) is 2.03. The molecule has 2 heteroatoms. The first-order chi connectivity index (χ1) is 9.15. The average molecular weight is 253 g/mol. The van der Waals surface area contributed by atoms with E-state index in [9.17, 15) is 4.79 Å². The van der Waals surface area contributed by atoms with Gasteiger partial charge in [-0.05, 0) is 38.0 Å². The molecule has 0 saturated carbocycles. The Morgan fingerprint density at radius 2 is 1.68 bits per heavy atom. The predicted octanol–water partition coefficient (Wildman–Crippen LogP) is 3.36. The van der Waals surface area contributed by atoms with Crippen molar-refractivity contribution in [3.63, 3.8) is 0 Å². The second-order valence-electron chi connectivity index (χ2n) is 4.93. The Hall–Kier alpha value is -2.09. The van der Waals surface area contributed by atoms with E-state index in [1.54, 1.807) is 0 Å². The van der Waals surface area contributed by atoms with Gasteiger partial charge in [0.15, 0.2) is 0 Å². The molecular formula is C17H19NO. The van der Waals surface area contributed by atoms with Crippen molar-refractivity contribution in [1.29, 1.82) is 0 Å². The first kappa shape index (κ1) is 13.3. The number of benzene rings is 2. The summed E-state index contributed by atoms with van der Waals surface area (Å²) in [6, 6.07) is 17.9. The van der Waals surface area contributed by atoms with Crippen LogP contribution < -0.4 is 5.32 Å². The van der Waals surface area contributed by atoms with Crippen LogP contribution in [0.25, 0.3) is 0 Å². The van der Waals surface area contributed by atoms with Gasteiger partial charge >= 0.3 is 0 Å². The molecule has 0 bridgehead atoms. The highest BCUT2D eigenvalue weighted by Gasteiger charge is 2.09. The second kappa shape index (κ2) is 6.19.